The van der Waals surface area contributed by atoms with Crippen molar-refractivity contribution in [2.75, 3.05) is 6.61 Å². The predicted molar refractivity (Wildman–Crippen MR) is 42.3 cm³/mol. The fourth-order valence-electron chi connectivity index (χ4n) is 1.22. The van der Waals surface area contributed by atoms with Gasteiger partial charge in [0.25, 0.3) is 5.69 Å². The molecule has 0 amide bonds. The highest BCUT2D eigenvalue weighted by Crippen LogP contribution is 2.28. The van der Waals surface area contributed by atoms with Gasteiger partial charge in [-0.05, 0) is 6.07 Å². The van der Waals surface area contributed by atoms with E-state index in [1.54, 1.807) is 0 Å². The molecule has 1 aliphatic heterocycles. The first-order valence-electron chi connectivity index (χ1n) is 4.09. The molecule has 4 nitrogen and oxygen atoms in total. The normalized spacial score (nSPS) is 14.8. The minimum atomic E-state index is -0.541. The third kappa shape index (κ3) is 1.01. The standard InChI is InChI=1S/C8H7NO3/c10-9(11)7-1-2-8-6(5-7)3-4-12-8/h1-2,5H,3-4H2/i1D. The Balaban J connectivity index is 2.55. The van der Waals surface area contributed by atoms with Crippen LogP contribution in [0.25, 0.3) is 0 Å². The molecular weight excluding hydrogens is 158 g/mol. The fourth-order valence-corrected chi connectivity index (χ4v) is 1.22. The monoisotopic (exact) mass is 166 g/mol. The number of nitrogens with zero attached hydrogens (tertiary/aromatic N) is 1. The number of fused-ring (bicyclic) bond motifs is 1. The van der Waals surface area contributed by atoms with E-state index < -0.39 is 4.92 Å². The van der Waals surface area contributed by atoms with Crippen LogP contribution in [0.15, 0.2) is 18.2 Å². The van der Waals surface area contributed by atoms with E-state index in [1.165, 1.54) is 12.1 Å². The van der Waals surface area contributed by atoms with Crippen molar-refractivity contribution in [2.45, 2.75) is 6.42 Å². The molecule has 62 valence electrons. The quantitative estimate of drug-likeness (QED) is 0.469. The molecule has 0 atom stereocenters. The first kappa shape index (κ1) is 5.99. The van der Waals surface area contributed by atoms with Crippen molar-refractivity contribution < 1.29 is 11.0 Å². The molecule has 1 heterocycles. The Bertz CT molecular complexity index is 378. The lowest BCUT2D eigenvalue weighted by atomic mass is 10.1. The maximum absolute atomic E-state index is 10.5. The van der Waals surface area contributed by atoms with Gasteiger partial charge in [0.1, 0.15) is 5.75 Å². The molecule has 0 saturated carbocycles. The zero-order valence-corrected chi connectivity index (χ0v) is 6.24. The van der Waals surface area contributed by atoms with E-state index in [9.17, 15) is 10.1 Å². The summed E-state index contributed by atoms with van der Waals surface area (Å²) in [6, 6.07) is 2.73. The maximum Gasteiger partial charge on any atom is 0.269 e. The number of ether oxygens (including phenoxy) is 1. The molecule has 1 aliphatic rings. The van der Waals surface area contributed by atoms with E-state index in [0.29, 0.717) is 18.8 Å². The van der Waals surface area contributed by atoms with Gasteiger partial charge in [0.15, 0.2) is 0 Å². The number of hydrogen-bond donors (Lipinski definition) is 0. The fraction of sp³-hybridized carbons (Fsp3) is 0.250. The van der Waals surface area contributed by atoms with Crippen LogP contribution in [0.1, 0.15) is 6.93 Å². The number of nitro groups is 1. The summed E-state index contributed by atoms with van der Waals surface area (Å²) in [5.41, 5.74) is 0.673. The number of hydrogen-bond acceptors (Lipinski definition) is 3. The third-order valence-corrected chi connectivity index (χ3v) is 1.80. The Kier molecular flexibility index (Phi) is 1.24. The summed E-state index contributed by atoms with van der Waals surface area (Å²) < 4.78 is 12.5. The molecule has 0 saturated heterocycles. The first-order chi connectivity index (χ1) is 6.18. The van der Waals surface area contributed by atoms with E-state index in [4.69, 9.17) is 6.11 Å². The highest BCUT2D eigenvalue weighted by molar-refractivity contribution is 5.45. The van der Waals surface area contributed by atoms with Crippen LogP contribution in [0, 0.1) is 10.1 Å². The Morgan fingerprint density at radius 3 is 3.33 bits per heavy atom. The van der Waals surface area contributed by atoms with Crippen molar-refractivity contribution in [2.24, 2.45) is 0 Å². The van der Waals surface area contributed by atoms with Crippen molar-refractivity contribution in [1.29, 1.82) is 0 Å². The second kappa shape index (κ2) is 2.48. The summed E-state index contributed by atoms with van der Waals surface area (Å²) >= 11 is 0. The van der Waals surface area contributed by atoms with Crippen LogP contribution < -0.4 is 4.74 Å². The van der Waals surface area contributed by atoms with Crippen molar-refractivity contribution in [3.05, 3.63) is 33.9 Å². The molecule has 12 heavy (non-hydrogen) atoms. The third-order valence-electron chi connectivity index (χ3n) is 1.80. The van der Waals surface area contributed by atoms with Crippen LogP contribution in [0.5, 0.6) is 5.75 Å². The lowest BCUT2D eigenvalue weighted by Gasteiger charge is -1.96. The molecule has 1 aromatic carbocycles. The Morgan fingerprint density at radius 1 is 1.75 bits per heavy atom. The molecule has 0 unspecified atom stereocenters. The molecular formula is C8H7NO3. The van der Waals surface area contributed by atoms with Gasteiger partial charge in [0, 0.05) is 24.1 Å². The van der Waals surface area contributed by atoms with Crippen LogP contribution >= 0.6 is 0 Å². The van der Waals surface area contributed by atoms with Crippen LogP contribution in [0.3, 0.4) is 0 Å². The van der Waals surface area contributed by atoms with Gasteiger partial charge in [-0.1, -0.05) is 0 Å². The second-order valence-corrected chi connectivity index (χ2v) is 2.56. The smallest absolute Gasteiger partial charge is 0.269 e. The molecule has 0 fully saturated rings. The molecule has 0 spiro atoms. The molecule has 0 N–H and O–H groups in total. The van der Waals surface area contributed by atoms with Gasteiger partial charge in [-0.3, -0.25) is 10.1 Å². The summed E-state index contributed by atoms with van der Waals surface area (Å²) in [4.78, 5) is 9.93. The minimum absolute atomic E-state index is 0.0920. The van der Waals surface area contributed by atoms with Gasteiger partial charge in [0.2, 0.25) is 0 Å². The molecule has 0 aromatic heterocycles. The summed E-state index contributed by atoms with van der Waals surface area (Å²) in [5.74, 6) is 0.607. The van der Waals surface area contributed by atoms with Crippen molar-refractivity contribution in [3.8, 4) is 5.75 Å². The average Bonchev–Trinajstić information content (AvgIpc) is 2.48. The Hall–Kier alpha value is -1.58. The van der Waals surface area contributed by atoms with E-state index in [0.717, 1.165) is 5.56 Å². The van der Waals surface area contributed by atoms with E-state index >= 15 is 0 Å². The van der Waals surface area contributed by atoms with Gasteiger partial charge < -0.3 is 4.74 Å². The van der Waals surface area contributed by atoms with Crippen LogP contribution in [0.2, 0.25) is 0 Å². The molecule has 1 aromatic rings. The zero-order valence-electron chi connectivity index (χ0n) is 7.24. The Morgan fingerprint density at radius 2 is 2.58 bits per heavy atom. The van der Waals surface area contributed by atoms with E-state index in [2.05, 4.69) is 0 Å². The predicted octanol–water partition coefficient (Wildman–Crippen LogP) is 1.53. The summed E-state index contributed by atoms with van der Waals surface area (Å²) in [6.07, 6.45) is 0.691. The van der Waals surface area contributed by atoms with Gasteiger partial charge in [-0.2, -0.15) is 0 Å². The highest BCUT2D eigenvalue weighted by Gasteiger charge is 2.15. The number of nitro benzene ring substituents is 1. The van der Waals surface area contributed by atoms with E-state index in [1.807, 2.05) is 0 Å². The van der Waals surface area contributed by atoms with Gasteiger partial charge >= 0.3 is 0 Å². The van der Waals surface area contributed by atoms with Gasteiger partial charge in [0.05, 0.1) is 12.9 Å². The summed E-state index contributed by atoms with van der Waals surface area (Å²) in [6.45, 7) is 0.552. The van der Waals surface area contributed by atoms with Crippen LogP contribution in [0.4, 0.5) is 5.69 Å². The van der Waals surface area contributed by atoms with E-state index in [-0.39, 0.29) is 11.7 Å². The summed E-state index contributed by atoms with van der Waals surface area (Å²) in [5, 5.41) is 10.5. The van der Waals surface area contributed by atoms with Gasteiger partial charge in [-0.15, -0.1) is 0 Å². The number of benzene rings is 1. The topological polar surface area (TPSA) is 52.4 Å². The van der Waals surface area contributed by atoms with Crippen LogP contribution in [-0.2, 0) is 6.42 Å². The molecule has 0 aliphatic carbocycles. The van der Waals surface area contributed by atoms with Crippen molar-refractivity contribution in [3.63, 3.8) is 0 Å². The molecule has 0 radical (unpaired) electrons. The summed E-state index contributed by atoms with van der Waals surface area (Å²) in [7, 11) is 0. The van der Waals surface area contributed by atoms with Crippen molar-refractivity contribution >= 4 is 5.69 Å². The largest absolute Gasteiger partial charge is 0.493 e. The zero-order chi connectivity index (χ0) is 9.42. The average molecular weight is 166 g/mol. The lowest BCUT2D eigenvalue weighted by Crippen LogP contribution is -1.88. The van der Waals surface area contributed by atoms with Gasteiger partial charge in [-0.25, -0.2) is 0 Å². The maximum atomic E-state index is 10.5. The highest BCUT2D eigenvalue weighted by atomic mass is 16.6. The number of rotatable bonds is 1. The SMILES string of the molecule is [2H]c1cc2c(cc1[N+](=O)[O-])CCO2. The van der Waals surface area contributed by atoms with Crippen LogP contribution in [-0.4, -0.2) is 11.5 Å². The Labute approximate surface area is 70.3 Å². The first-order valence-corrected chi connectivity index (χ1v) is 3.59. The molecule has 4 heteroatoms. The second-order valence-electron chi connectivity index (χ2n) is 2.56. The minimum Gasteiger partial charge on any atom is -0.493 e. The van der Waals surface area contributed by atoms with Crippen molar-refractivity contribution in [1.82, 2.24) is 0 Å². The molecule has 0 bridgehead atoms. The lowest BCUT2D eigenvalue weighted by molar-refractivity contribution is -0.384. The molecule has 2 rings (SSSR count).